The number of carboxylic acid groups (broad SMARTS) is 1. The molecule has 0 saturated carbocycles. The number of amides is 2. The van der Waals surface area contributed by atoms with Gasteiger partial charge in [-0.2, -0.15) is 5.10 Å². The molecule has 2 amide bonds. The van der Waals surface area contributed by atoms with Gasteiger partial charge in [-0.3, -0.25) is 34.1 Å². The average molecular weight is 461 g/mol. The average Bonchev–Trinajstić information content (AvgIpc) is 2.97. The van der Waals surface area contributed by atoms with Gasteiger partial charge in [-0.05, 0) is 6.92 Å². The zero-order valence-corrected chi connectivity index (χ0v) is 19.8. The number of ether oxygens (including phenoxy) is 1. The standard InChI is InChI=1S/C16H17N5O8S.Na/c1-6-10(21(27)28)12(19(3)18-6)13(23)17-9-14(24)20-11(16(25)26)8(4-29-7(2)22)5-30-15(9)20;/h9,15H,4-5H2,1-3H3,(H,17,23)(H,25,26);/q;+1/p-1. The van der Waals surface area contributed by atoms with Gasteiger partial charge >= 0.3 is 41.2 Å². The van der Waals surface area contributed by atoms with Crippen molar-refractivity contribution < 1.29 is 63.5 Å². The van der Waals surface area contributed by atoms with Crippen molar-refractivity contribution in [3.8, 4) is 0 Å². The Labute approximate surface area is 201 Å². The van der Waals surface area contributed by atoms with E-state index < -0.39 is 51.5 Å². The van der Waals surface area contributed by atoms with E-state index in [0.29, 0.717) is 0 Å². The van der Waals surface area contributed by atoms with E-state index in [9.17, 15) is 34.4 Å². The third-order valence-corrected chi connectivity index (χ3v) is 5.90. The minimum atomic E-state index is -1.61. The van der Waals surface area contributed by atoms with E-state index in [-0.39, 0.29) is 58.9 Å². The van der Waals surface area contributed by atoms with Crippen LogP contribution in [0.5, 0.6) is 0 Å². The van der Waals surface area contributed by atoms with Gasteiger partial charge in [0.1, 0.15) is 23.7 Å². The molecule has 0 bridgehead atoms. The Morgan fingerprint density at radius 3 is 2.58 bits per heavy atom. The van der Waals surface area contributed by atoms with E-state index in [4.69, 9.17) is 4.74 Å². The summed E-state index contributed by atoms with van der Waals surface area (Å²) in [7, 11) is 1.36. The van der Waals surface area contributed by atoms with Crippen molar-refractivity contribution >= 4 is 41.2 Å². The summed E-state index contributed by atoms with van der Waals surface area (Å²) in [4.78, 5) is 59.3. The van der Waals surface area contributed by atoms with Gasteiger partial charge in [0.2, 0.25) is 5.69 Å². The number of carbonyl (C=O) groups excluding carboxylic acids is 4. The van der Waals surface area contributed by atoms with E-state index in [1.54, 1.807) is 0 Å². The van der Waals surface area contributed by atoms with Gasteiger partial charge in [-0.15, -0.1) is 11.8 Å². The van der Waals surface area contributed by atoms with Crippen LogP contribution in [0.1, 0.15) is 23.1 Å². The van der Waals surface area contributed by atoms with E-state index in [2.05, 4.69) is 10.4 Å². The van der Waals surface area contributed by atoms with E-state index in [0.717, 1.165) is 28.3 Å². The zero-order valence-electron chi connectivity index (χ0n) is 17.0. The molecule has 3 rings (SSSR count). The third-order valence-electron chi connectivity index (χ3n) is 4.57. The van der Waals surface area contributed by atoms with Gasteiger partial charge in [-0.25, -0.2) is 0 Å². The molecule has 1 N–H and O–H groups in total. The van der Waals surface area contributed by atoms with Crippen LogP contribution in [0, 0.1) is 17.0 Å². The fourth-order valence-electron chi connectivity index (χ4n) is 3.30. The molecule has 1 fully saturated rings. The molecule has 2 aliphatic heterocycles. The quantitative estimate of drug-likeness (QED) is 0.142. The van der Waals surface area contributed by atoms with Crippen molar-refractivity contribution in [2.45, 2.75) is 25.3 Å². The van der Waals surface area contributed by atoms with Crippen molar-refractivity contribution in [3.63, 3.8) is 0 Å². The Hall–Kier alpha value is -2.42. The maximum atomic E-state index is 12.6. The monoisotopic (exact) mass is 461 g/mol. The van der Waals surface area contributed by atoms with Crippen LogP contribution in [0.3, 0.4) is 0 Å². The topological polar surface area (TPSA) is 177 Å². The molecule has 2 aliphatic rings. The zero-order chi connectivity index (χ0) is 22.3. The Kier molecular flexibility index (Phi) is 7.52. The molecule has 2 atom stereocenters. The molecule has 31 heavy (non-hydrogen) atoms. The SMILES string of the molecule is CC(=O)OCC1=C(C(=O)[O-])N2C(=O)C(NC(=O)c3c([N+](=O)[O-])c(C)nn3C)C2SC1.[Na+]. The summed E-state index contributed by atoms with van der Waals surface area (Å²) in [5.74, 6) is -3.70. The molecule has 13 nitrogen and oxygen atoms in total. The number of hydrogen-bond donors (Lipinski definition) is 1. The first-order valence-corrected chi connectivity index (χ1v) is 9.59. The van der Waals surface area contributed by atoms with Crippen molar-refractivity contribution in [2.24, 2.45) is 7.05 Å². The summed E-state index contributed by atoms with van der Waals surface area (Å²) < 4.78 is 5.87. The molecule has 160 valence electrons. The Morgan fingerprint density at radius 2 is 2.03 bits per heavy atom. The van der Waals surface area contributed by atoms with Crippen molar-refractivity contribution in [1.29, 1.82) is 0 Å². The largest absolute Gasteiger partial charge is 1.00 e. The number of fused-ring (bicyclic) bond motifs is 1. The summed E-state index contributed by atoms with van der Waals surface area (Å²) in [6.45, 7) is 2.24. The first kappa shape index (κ1) is 24.8. The molecule has 0 aliphatic carbocycles. The number of aromatic nitrogens is 2. The number of aliphatic carboxylic acids is 1. The molecule has 1 aromatic heterocycles. The number of esters is 1. The summed E-state index contributed by atoms with van der Waals surface area (Å²) in [5.41, 5.74) is -0.969. The normalized spacial score (nSPS) is 19.7. The van der Waals surface area contributed by atoms with Crippen LogP contribution in [0.15, 0.2) is 11.3 Å². The van der Waals surface area contributed by atoms with Crippen molar-refractivity contribution in [3.05, 3.63) is 32.8 Å². The first-order chi connectivity index (χ1) is 14.0. The molecular weight excluding hydrogens is 445 g/mol. The van der Waals surface area contributed by atoms with Crippen LogP contribution >= 0.6 is 11.8 Å². The number of nitrogens with zero attached hydrogens (tertiary/aromatic N) is 4. The number of nitrogens with one attached hydrogen (secondary N) is 1. The van der Waals surface area contributed by atoms with Crippen LogP contribution in [-0.4, -0.2) is 67.1 Å². The number of carboxylic acids is 1. The van der Waals surface area contributed by atoms with E-state index in [1.807, 2.05) is 0 Å². The first-order valence-electron chi connectivity index (χ1n) is 8.54. The minimum absolute atomic E-state index is 0. The predicted molar refractivity (Wildman–Crippen MR) is 97.6 cm³/mol. The van der Waals surface area contributed by atoms with Crippen LogP contribution in [-0.2, 0) is 26.2 Å². The molecule has 3 heterocycles. The summed E-state index contributed by atoms with van der Waals surface area (Å²) in [5, 5.41) is 28.4. The maximum absolute atomic E-state index is 12.6. The molecule has 1 saturated heterocycles. The summed E-state index contributed by atoms with van der Waals surface area (Å²) in [6, 6.07) is -1.10. The number of thioether (sulfide) groups is 1. The van der Waals surface area contributed by atoms with Crippen molar-refractivity contribution in [2.75, 3.05) is 12.4 Å². The molecule has 2 unspecified atom stereocenters. The molecule has 0 spiro atoms. The van der Waals surface area contributed by atoms with Crippen LogP contribution in [0.4, 0.5) is 5.69 Å². The Balaban J connectivity index is 0.00000341. The molecule has 1 aromatic rings. The predicted octanol–water partition coefficient (Wildman–Crippen LogP) is -4.78. The van der Waals surface area contributed by atoms with Gasteiger partial charge in [0, 0.05) is 25.3 Å². The minimum Gasteiger partial charge on any atom is -0.543 e. The Bertz CT molecular complexity index is 1020. The van der Waals surface area contributed by atoms with Gasteiger partial charge < -0.3 is 20.0 Å². The number of aryl methyl sites for hydroxylation is 2. The second kappa shape index (κ2) is 9.38. The fraction of sp³-hybridized carbons (Fsp3) is 0.438. The second-order valence-electron chi connectivity index (χ2n) is 6.54. The van der Waals surface area contributed by atoms with Gasteiger partial charge in [-0.1, -0.05) is 0 Å². The smallest absolute Gasteiger partial charge is 0.543 e. The molecule has 0 radical (unpaired) electrons. The van der Waals surface area contributed by atoms with E-state index >= 15 is 0 Å². The molecular formula is C16H16N5NaO8S. The number of β-lactam (4-membered cyclic amide) rings is 1. The van der Waals surface area contributed by atoms with Gasteiger partial charge in [0.05, 0.1) is 16.6 Å². The van der Waals surface area contributed by atoms with Gasteiger partial charge in [0.15, 0.2) is 0 Å². The Morgan fingerprint density at radius 1 is 1.39 bits per heavy atom. The molecule has 15 heteroatoms. The van der Waals surface area contributed by atoms with Crippen LogP contribution in [0.25, 0.3) is 0 Å². The van der Waals surface area contributed by atoms with Gasteiger partial charge in [0.25, 0.3) is 11.8 Å². The number of carbonyl (C=O) groups is 4. The third kappa shape index (κ3) is 4.46. The number of hydrogen-bond acceptors (Lipinski definition) is 10. The number of nitro groups is 1. The summed E-state index contributed by atoms with van der Waals surface area (Å²) >= 11 is 1.16. The van der Waals surface area contributed by atoms with Crippen LogP contribution < -0.4 is 40.0 Å². The number of rotatable bonds is 6. The second-order valence-corrected chi connectivity index (χ2v) is 7.65. The van der Waals surface area contributed by atoms with Crippen molar-refractivity contribution in [1.82, 2.24) is 20.0 Å². The molecule has 0 aromatic carbocycles. The van der Waals surface area contributed by atoms with Crippen LogP contribution in [0.2, 0.25) is 0 Å². The van der Waals surface area contributed by atoms with E-state index in [1.165, 1.54) is 14.0 Å². The summed E-state index contributed by atoms with van der Waals surface area (Å²) in [6.07, 6.45) is 0. The fourth-order valence-corrected chi connectivity index (χ4v) is 4.63. The maximum Gasteiger partial charge on any atom is 1.00 e.